The first-order valence-electron chi connectivity index (χ1n) is 9.45. The number of thioether (sulfide) groups is 1. The van der Waals surface area contributed by atoms with Gasteiger partial charge in [0.05, 0.1) is 17.7 Å². The zero-order chi connectivity index (χ0) is 20.2. The molecule has 1 saturated heterocycles. The maximum atomic E-state index is 11.1. The second kappa shape index (κ2) is 8.71. The molecular formula is C22H22N2O4S. The van der Waals surface area contributed by atoms with E-state index in [1.165, 1.54) is 0 Å². The predicted molar refractivity (Wildman–Crippen MR) is 112 cm³/mol. The maximum absolute atomic E-state index is 11.1. The lowest BCUT2D eigenvalue weighted by molar-refractivity contribution is -0.138. The molecule has 1 fully saturated rings. The number of rotatable bonds is 7. The summed E-state index contributed by atoms with van der Waals surface area (Å²) in [4.78, 5) is 15.7. The van der Waals surface area contributed by atoms with Crippen LogP contribution in [0.5, 0.6) is 5.75 Å². The summed E-state index contributed by atoms with van der Waals surface area (Å²) in [6.07, 6.45) is 0.643. The van der Waals surface area contributed by atoms with Crippen LogP contribution in [0.15, 0.2) is 59.0 Å². The van der Waals surface area contributed by atoms with E-state index >= 15 is 0 Å². The Bertz CT molecular complexity index is 989. The normalized spacial score (nSPS) is 18.7. The summed E-state index contributed by atoms with van der Waals surface area (Å²) < 4.78 is 11.7. The van der Waals surface area contributed by atoms with Gasteiger partial charge < -0.3 is 14.3 Å². The number of nitrogens with one attached hydrogen (secondary N) is 1. The molecule has 0 bridgehead atoms. The van der Waals surface area contributed by atoms with Crippen LogP contribution in [0.4, 0.5) is 0 Å². The van der Waals surface area contributed by atoms with Crippen LogP contribution in [0.2, 0.25) is 0 Å². The monoisotopic (exact) mass is 410 g/mol. The first-order valence-corrected chi connectivity index (χ1v) is 10.5. The molecule has 150 valence electrons. The Hall–Kier alpha value is -2.77. The third-order valence-corrected chi connectivity index (χ3v) is 6.03. The summed E-state index contributed by atoms with van der Waals surface area (Å²) in [5.74, 6) is 1.92. The standard InChI is InChI=1S/C22H22N2O4S/c1-14-18(23-20(28-14)15-6-3-2-4-7-15)10-11-27-17-9-5-8-16(12-17)21-24-19(13-29-21)22(25)26/h2-9,12,19,21,24H,10-11,13H2,1H3,(H,25,26)/t19-,21?/m0/s1. The van der Waals surface area contributed by atoms with Gasteiger partial charge in [0.25, 0.3) is 0 Å². The van der Waals surface area contributed by atoms with Crippen molar-refractivity contribution in [3.8, 4) is 17.2 Å². The number of oxazole rings is 1. The molecule has 0 saturated carbocycles. The van der Waals surface area contributed by atoms with E-state index in [-0.39, 0.29) is 5.37 Å². The zero-order valence-corrected chi connectivity index (χ0v) is 16.8. The Labute approximate surface area is 173 Å². The molecule has 2 aromatic carbocycles. The van der Waals surface area contributed by atoms with Crippen LogP contribution in [-0.4, -0.2) is 34.5 Å². The predicted octanol–water partition coefficient (Wildman–Crippen LogP) is 4.06. The van der Waals surface area contributed by atoms with E-state index in [1.807, 2.05) is 61.5 Å². The lowest BCUT2D eigenvalue weighted by atomic mass is 10.2. The van der Waals surface area contributed by atoms with Crippen LogP contribution in [0.25, 0.3) is 11.5 Å². The molecule has 1 unspecified atom stereocenters. The Balaban J connectivity index is 1.36. The molecule has 0 aliphatic carbocycles. The fourth-order valence-electron chi connectivity index (χ4n) is 3.20. The van der Waals surface area contributed by atoms with Crippen LogP contribution in [0, 0.1) is 6.92 Å². The summed E-state index contributed by atoms with van der Waals surface area (Å²) in [6, 6.07) is 17.1. The van der Waals surface area contributed by atoms with E-state index in [0.29, 0.717) is 24.7 Å². The van der Waals surface area contributed by atoms with Gasteiger partial charge in [-0.3, -0.25) is 10.1 Å². The highest BCUT2D eigenvalue weighted by Crippen LogP contribution is 2.34. The van der Waals surface area contributed by atoms with E-state index in [1.54, 1.807) is 11.8 Å². The number of aromatic nitrogens is 1. The topological polar surface area (TPSA) is 84.6 Å². The smallest absolute Gasteiger partial charge is 0.321 e. The van der Waals surface area contributed by atoms with Crippen molar-refractivity contribution in [2.24, 2.45) is 0 Å². The van der Waals surface area contributed by atoms with Gasteiger partial charge in [-0.1, -0.05) is 30.3 Å². The third kappa shape index (κ3) is 4.63. The van der Waals surface area contributed by atoms with Crippen molar-refractivity contribution in [1.82, 2.24) is 10.3 Å². The quantitative estimate of drug-likeness (QED) is 0.608. The van der Waals surface area contributed by atoms with Crippen LogP contribution in [-0.2, 0) is 11.2 Å². The van der Waals surface area contributed by atoms with Gasteiger partial charge in [0.1, 0.15) is 17.6 Å². The van der Waals surface area contributed by atoms with E-state index in [2.05, 4.69) is 10.3 Å². The maximum Gasteiger partial charge on any atom is 0.321 e. The van der Waals surface area contributed by atoms with Crippen molar-refractivity contribution in [2.75, 3.05) is 12.4 Å². The molecule has 2 heterocycles. The Morgan fingerprint density at radius 3 is 2.86 bits per heavy atom. The summed E-state index contributed by atoms with van der Waals surface area (Å²) in [6.45, 7) is 2.39. The van der Waals surface area contributed by atoms with Gasteiger partial charge in [-0.05, 0) is 36.8 Å². The van der Waals surface area contributed by atoms with Crippen LogP contribution >= 0.6 is 11.8 Å². The molecule has 1 aliphatic heterocycles. The average molecular weight is 410 g/mol. The SMILES string of the molecule is Cc1oc(-c2ccccc2)nc1CCOc1cccc(C2N[C@H](C(=O)O)CS2)c1. The van der Waals surface area contributed by atoms with Crippen LogP contribution in [0.3, 0.4) is 0 Å². The molecule has 2 N–H and O–H groups in total. The molecule has 0 spiro atoms. The van der Waals surface area contributed by atoms with E-state index in [0.717, 1.165) is 28.3 Å². The Kier molecular flexibility index (Phi) is 5.87. The van der Waals surface area contributed by atoms with Gasteiger partial charge in [-0.2, -0.15) is 0 Å². The van der Waals surface area contributed by atoms with E-state index in [9.17, 15) is 4.79 Å². The second-order valence-electron chi connectivity index (χ2n) is 6.83. The summed E-state index contributed by atoms with van der Waals surface area (Å²) >= 11 is 1.59. The number of hydrogen-bond acceptors (Lipinski definition) is 6. The molecule has 2 atom stereocenters. The molecular weight excluding hydrogens is 388 g/mol. The molecule has 6 nitrogen and oxygen atoms in total. The lowest BCUT2D eigenvalue weighted by Gasteiger charge is -2.13. The lowest BCUT2D eigenvalue weighted by Crippen LogP contribution is -2.33. The summed E-state index contributed by atoms with van der Waals surface area (Å²) in [5, 5.41) is 12.2. The van der Waals surface area contributed by atoms with Crippen molar-refractivity contribution < 1.29 is 19.1 Å². The largest absolute Gasteiger partial charge is 0.493 e. The van der Waals surface area contributed by atoms with Gasteiger partial charge in [0.2, 0.25) is 5.89 Å². The number of benzene rings is 2. The minimum Gasteiger partial charge on any atom is -0.493 e. The molecule has 0 amide bonds. The van der Waals surface area contributed by atoms with Gasteiger partial charge in [0, 0.05) is 17.7 Å². The molecule has 7 heteroatoms. The van der Waals surface area contributed by atoms with Gasteiger partial charge >= 0.3 is 5.97 Å². The number of aryl methyl sites for hydroxylation is 1. The number of carboxylic acids is 1. The van der Waals surface area contributed by atoms with Crippen molar-refractivity contribution in [3.05, 3.63) is 71.6 Å². The highest BCUT2D eigenvalue weighted by Gasteiger charge is 2.30. The number of nitrogens with zero attached hydrogens (tertiary/aromatic N) is 1. The average Bonchev–Trinajstić information content (AvgIpc) is 3.37. The summed E-state index contributed by atoms with van der Waals surface area (Å²) in [7, 11) is 0. The minimum atomic E-state index is -0.815. The number of hydrogen-bond donors (Lipinski definition) is 2. The second-order valence-corrected chi connectivity index (χ2v) is 7.97. The molecule has 1 aliphatic rings. The van der Waals surface area contributed by atoms with E-state index in [4.69, 9.17) is 14.3 Å². The first-order chi connectivity index (χ1) is 14.1. The third-order valence-electron chi connectivity index (χ3n) is 4.76. The number of aliphatic carboxylic acids is 1. The van der Waals surface area contributed by atoms with Gasteiger partial charge in [-0.15, -0.1) is 11.8 Å². The molecule has 1 aromatic heterocycles. The van der Waals surface area contributed by atoms with Crippen molar-refractivity contribution in [2.45, 2.75) is 24.8 Å². The minimum absolute atomic E-state index is 0.0362. The van der Waals surface area contributed by atoms with Crippen LogP contribution in [0.1, 0.15) is 22.4 Å². The number of ether oxygens (including phenoxy) is 1. The van der Waals surface area contributed by atoms with Crippen molar-refractivity contribution >= 4 is 17.7 Å². The highest BCUT2D eigenvalue weighted by atomic mass is 32.2. The molecule has 0 radical (unpaired) electrons. The number of carbonyl (C=O) groups is 1. The first kappa shape index (κ1) is 19.5. The molecule has 4 rings (SSSR count). The molecule has 29 heavy (non-hydrogen) atoms. The van der Waals surface area contributed by atoms with Crippen molar-refractivity contribution in [3.63, 3.8) is 0 Å². The highest BCUT2D eigenvalue weighted by molar-refractivity contribution is 7.99. The van der Waals surface area contributed by atoms with Crippen LogP contribution < -0.4 is 10.1 Å². The van der Waals surface area contributed by atoms with Gasteiger partial charge in [-0.25, -0.2) is 4.98 Å². The number of carboxylic acid groups (broad SMARTS) is 1. The van der Waals surface area contributed by atoms with E-state index < -0.39 is 12.0 Å². The van der Waals surface area contributed by atoms with Crippen molar-refractivity contribution in [1.29, 1.82) is 0 Å². The molecule has 3 aromatic rings. The zero-order valence-electron chi connectivity index (χ0n) is 16.0. The fraction of sp³-hybridized carbons (Fsp3) is 0.273. The Morgan fingerprint density at radius 1 is 1.28 bits per heavy atom. The Morgan fingerprint density at radius 2 is 2.10 bits per heavy atom. The summed E-state index contributed by atoms with van der Waals surface area (Å²) in [5.41, 5.74) is 2.86. The fourth-order valence-corrected chi connectivity index (χ4v) is 4.43. The van der Waals surface area contributed by atoms with Gasteiger partial charge in [0.15, 0.2) is 0 Å².